The van der Waals surface area contributed by atoms with Gasteiger partial charge in [-0.05, 0) is 12.1 Å². The van der Waals surface area contributed by atoms with Gasteiger partial charge in [0, 0.05) is 19.2 Å². The highest BCUT2D eigenvalue weighted by molar-refractivity contribution is 5.60. The van der Waals surface area contributed by atoms with Crippen LogP contribution < -0.4 is 11.1 Å². The Hall–Kier alpha value is -2.11. The van der Waals surface area contributed by atoms with Gasteiger partial charge in [0.25, 0.3) is 0 Å². The van der Waals surface area contributed by atoms with E-state index in [-0.39, 0.29) is 0 Å². The molecule has 2 aromatic rings. The van der Waals surface area contributed by atoms with E-state index in [4.69, 9.17) is 10.3 Å². The molecular weight excluding hydrogens is 194 g/mol. The summed E-state index contributed by atoms with van der Waals surface area (Å²) in [5.74, 6) is 1.27. The topological polar surface area (TPSA) is 89.9 Å². The summed E-state index contributed by atoms with van der Waals surface area (Å²) in [7, 11) is 0. The van der Waals surface area contributed by atoms with E-state index in [9.17, 15) is 0 Å². The van der Waals surface area contributed by atoms with E-state index in [1.165, 1.54) is 6.33 Å². The van der Waals surface area contributed by atoms with E-state index in [1.54, 1.807) is 18.3 Å². The van der Waals surface area contributed by atoms with Gasteiger partial charge < -0.3 is 15.6 Å². The van der Waals surface area contributed by atoms with Crippen molar-refractivity contribution in [2.75, 3.05) is 17.6 Å². The van der Waals surface area contributed by atoms with Crippen LogP contribution in [0.3, 0.4) is 0 Å². The molecule has 2 rings (SSSR count). The summed E-state index contributed by atoms with van der Waals surface area (Å²) in [5, 5.41) is 6.60. The molecule has 0 saturated carbocycles. The third-order valence-electron chi connectivity index (χ3n) is 1.88. The fourth-order valence-corrected chi connectivity index (χ4v) is 1.16. The van der Waals surface area contributed by atoms with Gasteiger partial charge in [0.1, 0.15) is 5.82 Å². The Balaban J connectivity index is 1.86. The van der Waals surface area contributed by atoms with Crippen LogP contribution in [-0.4, -0.2) is 21.7 Å². The molecule has 6 heteroatoms. The predicted molar refractivity (Wildman–Crippen MR) is 55.1 cm³/mol. The third kappa shape index (κ3) is 2.43. The Morgan fingerprint density at radius 1 is 1.40 bits per heavy atom. The summed E-state index contributed by atoms with van der Waals surface area (Å²) < 4.78 is 4.85. The maximum Gasteiger partial charge on any atom is 0.228 e. The summed E-state index contributed by atoms with van der Waals surface area (Å²) in [6.07, 6.45) is 3.71. The lowest BCUT2D eigenvalue weighted by Gasteiger charge is -2.05. The number of nitrogens with zero attached hydrogens (tertiary/aromatic N) is 3. The molecule has 0 aliphatic heterocycles. The van der Waals surface area contributed by atoms with Crippen LogP contribution in [0.5, 0.6) is 0 Å². The maximum absolute atomic E-state index is 5.70. The highest BCUT2D eigenvalue weighted by Crippen LogP contribution is 2.12. The molecule has 0 aromatic carbocycles. The molecule has 0 aliphatic rings. The minimum atomic E-state index is 0.594. The van der Waals surface area contributed by atoms with Crippen LogP contribution in [0.4, 0.5) is 11.5 Å². The molecule has 0 unspecified atom stereocenters. The van der Waals surface area contributed by atoms with E-state index in [0.717, 1.165) is 0 Å². The minimum Gasteiger partial charge on any atom is -0.396 e. The van der Waals surface area contributed by atoms with Crippen molar-refractivity contribution in [3.05, 3.63) is 30.5 Å². The van der Waals surface area contributed by atoms with Crippen LogP contribution in [0.25, 0.3) is 0 Å². The largest absolute Gasteiger partial charge is 0.396 e. The number of hydrogen-bond donors (Lipinski definition) is 2. The second-order valence-electron chi connectivity index (χ2n) is 2.95. The van der Waals surface area contributed by atoms with Crippen LogP contribution in [0, 0.1) is 0 Å². The van der Waals surface area contributed by atoms with Crippen molar-refractivity contribution in [2.24, 2.45) is 0 Å². The number of anilines is 2. The van der Waals surface area contributed by atoms with E-state index < -0.39 is 0 Å². The molecular formula is C9H11N5O. The molecule has 0 spiro atoms. The SMILES string of the molecule is Nc1cccnc1NCCc1ncno1. The number of aromatic nitrogens is 3. The van der Waals surface area contributed by atoms with Gasteiger partial charge in [0.05, 0.1) is 5.69 Å². The van der Waals surface area contributed by atoms with Crippen LogP contribution in [-0.2, 0) is 6.42 Å². The molecule has 0 bridgehead atoms. The molecule has 0 atom stereocenters. The van der Waals surface area contributed by atoms with Crippen LogP contribution >= 0.6 is 0 Å². The van der Waals surface area contributed by atoms with Gasteiger partial charge in [-0.1, -0.05) is 5.16 Å². The van der Waals surface area contributed by atoms with E-state index in [2.05, 4.69) is 20.4 Å². The zero-order chi connectivity index (χ0) is 10.5. The second-order valence-corrected chi connectivity index (χ2v) is 2.95. The van der Waals surface area contributed by atoms with E-state index >= 15 is 0 Å². The van der Waals surface area contributed by atoms with Gasteiger partial charge in [-0.25, -0.2) is 4.98 Å². The molecule has 0 amide bonds. The lowest BCUT2D eigenvalue weighted by molar-refractivity contribution is 0.379. The minimum absolute atomic E-state index is 0.594. The molecule has 78 valence electrons. The van der Waals surface area contributed by atoms with Gasteiger partial charge in [0.15, 0.2) is 6.33 Å². The summed E-state index contributed by atoms with van der Waals surface area (Å²) in [6.45, 7) is 0.656. The first-order valence-electron chi connectivity index (χ1n) is 4.56. The average Bonchev–Trinajstić information content (AvgIpc) is 2.74. The van der Waals surface area contributed by atoms with E-state index in [1.807, 2.05) is 0 Å². The molecule has 2 heterocycles. The van der Waals surface area contributed by atoms with Gasteiger partial charge >= 0.3 is 0 Å². The van der Waals surface area contributed by atoms with Gasteiger partial charge in [-0.2, -0.15) is 4.98 Å². The normalized spacial score (nSPS) is 10.1. The predicted octanol–water partition coefficient (Wildman–Crippen LogP) is 0.701. The highest BCUT2D eigenvalue weighted by atomic mass is 16.5. The summed E-state index contributed by atoms with van der Waals surface area (Å²) in [6, 6.07) is 3.58. The fourth-order valence-electron chi connectivity index (χ4n) is 1.16. The van der Waals surface area contributed by atoms with Crippen LogP contribution in [0.15, 0.2) is 29.2 Å². The maximum atomic E-state index is 5.70. The van der Waals surface area contributed by atoms with E-state index in [0.29, 0.717) is 30.4 Å². The highest BCUT2D eigenvalue weighted by Gasteiger charge is 2.01. The smallest absolute Gasteiger partial charge is 0.228 e. The van der Waals surface area contributed by atoms with Crippen molar-refractivity contribution in [3.8, 4) is 0 Å². The molecule has 0 aliphatic carbocycles. The molecule has 15 heavy (non-hydrogen) atoms. The zero-order valence-corrected chi connectivity index (χ0v) is 8.05. The van der Waals surface area contributed by atoms with Gasteiger partial charge in [0.2, 0.25) is 5.89 Å². The van der Waals surface area contributed by atoms with Crippen molar-refractivity contribution in [1.29, 1.82) is 0 Å². The van der Waals surface area contributed by atoms with Crippen molar-refractivity contribution >= 4 is 11.5 Å². The van der Waals surface area contributed by atoms with Crippen molar-refractivity contribution < 1.29 is 4.52 Å². The Kier molecular flexibility index (Phi) is 2.77. The zero-order valence-electron chi connectivity index (χ0n) is 8.05. The molecule has 3 N–H and O–H groups in total. The Labute approximate surface area is 86.5 Å². The van der Waals surface area contributed by atoms with Gasteiger partial charge in [-0.15, -0.1) is 0 Å². The number of pyridine rings is 1. The lowest BCUT2D eigenvalue weighted by atomic mass is 10.3. The first kappa shape index (κ1) is 9.45. The quantitative estimate of drug-likeness (QED) is 0.763. The number of hydrogen-bond acceptors (Lipinski definition) is 6. The Bertz CT molecular complexity index is 414. The summed E-state index contributed by atoms with van der Waals surface area (Å²) >= 11 is 0. The van der Waals surface area contributed by atoms with Crippen molar-refractivity contribution in [2.45, 2.75) is 6.42 Å². The second kappa shape index (κ2) is 4.41. The molecule has 0 fully saturated rings. The molecule has 0 saturated heterocycles. The standard InChI is InChI=1S/C9H11N5O/c10-7-2-1-4-11-9(7)12-5-3-8-13-6-14-15-8/h1-2,4,6H,3,5,10H2,(H,11,12). The number of nitrogens with one attached hydrogen (secondary N) is 1. The number of nitrogen functional groups attached to an aromatic ring is 1. The molecule has 6 nitrogen and oxygen atoms in total. The first-order chi connectivity index (χ1) is 7.36. The number of rotatable bonds is 4. The lowest BCUT2D eigenvalue weighted by Crippen LogP contribution is -2.08. The third-order valence-corrected chi connectivity index (χ3v) is 1.88. The van der Waals surface area contributed by atoms with Crippen molar-refractivity contribution in [1.82, 2.24) is 15.1 Å². The number of nitrogens with two attached hydrogens (primary N) is 1. The first-order valence-corrected chi connectivity index (χ1v) is 4.56. The Morgan fingerprint density at radius 3 is 3.07 bits per heavy atom. The Morgan fingerprint density at radius 2 is 2.33 bits per heavy atom. The van der Waals surface area contributed by atoms with Crippen LogP contribution in [0.1, 0.15) is 5.89 Å². The van der Waals surface area contributed by atoms with Gasteiger partial charge in [-0.3, -0.25) is 0 Å². The van der Waals surface area contributed by atoms with Crippen molar-refractivity contribution in [3.63, 3.8) is 0 Å². The summed E-state index contributed by atoms with van der Waals surface area (Å²) in [5.41, 5.74) is 6.33. The fraction of sp³-hybridized carbons (Fsp3) is 0.222. The molecule has 0 radical (unpaired) electrons. The average molecular weight is 205 g/mol. The monoisotopic (exact) mass is 205 g/mol. The molecule has 2 aromatic heterocycles. The summed E-state index contributed by atoms with van der Waals surface area (Å²) in [4.78, 5) is 7.99. The van der Waals surface area contributed by atoms with Crippen LogP contribution in [0.2, 0.25) is 0 Å².